The molecule has 1 saturated heterocycles. The first-order chi connectivity index (χ1) is 9.97. The van der Waals surface area contributed by atoms with Gasteiger partial charge in [-0.05, 0) is 6.92 Å². The molecule has 0 radical (unpaired) electrons. The quantitative estimate of drug-likeness (QED) is 0.714. The van der Waals surface area contributed by atoms with E-state index in [2.05, 4.69) is 9.97 Å². The minimum absolute atomic E-state index is 0.109. The van der Waals surface area contributed by atoms with Crippen molar-refractivity contribution in [1.82, 2.24) is 14.3 Å². The molecule has 0 unspecified atom stereocenters. The molecule has 1 aliphatic rings. The molecule has 0 aromatic carbocycles. The fourth-order valence-electron chi connectivity index (χ4n) is 2.19. The number of hydrogen-bond acceptors (Lipinski definition) is 7. The first kappa shape index (κ1) is 15.6. The lowest BCUT2D eigenvalue weighted by atomic mass is 10.3. The number of aromatic nitrogens is 2. The van der Waals surface area contributed by atoms with Crippen molar-refractivity contribution < 1.29 is 13.2 Å². The summed E-state index contributed by atoms with van der Waals surface area (Å²) >= 11 is 0. The van der Waals surface area contributed by atoms with E-state index in [4.69, 9.17) is 5.73 Å². The lowest BCUT2D eigenvalue weighted by Crippen LogP contribution is -2.49. The van der Waals surface area contributed by atoms with Gasteiger partial charge in [0.1, 0.15) is 17.9 Å². The van der Waals surface area contributed by atoms with Crippen LogP contribution >= 0.6 is 0 Å². The molecule has 1 fully saturated rings. The molecule has 0 aliphatic carbocycles. The molecule has 1 aromatic rings. The number of aldehydes is 1. The number of nitrogens with zero attached hydrogens (tertiary/aromatic N) is 4. The molecule has 1 aliphatic heterocycles. The summed E-state index contributed by atoms with van der Waals surface area (Å²) in [6.07, 6.45) is 2.40. The van der Waals surface area contributed by atoms with Gasteiger partial charge < -0.3 is 15.4 Å². The molecule has 2 N–H and O–H groups in total. The summed E-state index contributed by atoms with van der Waals surface area (Å²) in [5, 5.41) is 0. The third-order valence-electron chi connectivity index (χ3n) is 3.46. The molecule has 0 bridgehead atoms. The number of carbonyl (C=O) groups excluding carboxylic acids is 1. The first-order valence-electron chi connectivity index (χ1n) is 6.75. The van der Waals surface area contributed by atoms with Crippen molar-refractivity contribution in [2.75, 3.05) is 42.6 Å². The maximum atomic E-state index is 11.8. The number of sulfonamides is 1. The van der Waals surface area contributed by atoms with Crippen LogP contribution in [0, 0.1) is 0 Å². The van der Waals surface area contributed by atoms with Crippen LogP contribution in [0.3, 0.4) is 0 Å². The average Bonchev–Trinajstić information content (AvgIpc) is 2.50. The van der Waals surface area contributed by atoms with Crippen LogP contribution in [0.15, 0.2) is 6.20 Å². The molecule has 9 heteroatoms. The molecule has 1 aromatic heterocycles. The topological polar surface area (TPSA) is 109 Å². The second-order valence-electron chi connectivity index (χ2n) is 4.72. The maximum absolute atomic E-state index is 11.8. The zero-order valence-electron chi connectivity index (χ0n) is 11.9. The Morgan fingerprint density at radius 1 is 1.33 bits per heavy atom. The normalized spacial score (nSPS) is 16.9. The average molecular weight is 313 g/mol. The Kier molecular flexibility index (Phi) is 4.73. The number of hydrogen-bond donors (Lipinski definition) is 1. The number of anilines is 2. The summed E-state index contributed by atoms with van der Waals surface area (Å²) in [5.41, 5.74) is 6.11. The summed E-state index contributed by atoms with van der Waals surface area (Å²) < 4.78 is 25.1. The molecule has 21 heavy (non-hydrogen) atoms. The van der Waals surface area contributed by atoms with Gasteiger partial charge in [-0.2, -0.15) is 4.31 Å². The molecule has 0 amide bonds. The van der Waals surface area contributed by atoms with Crippen molar-refractivity contribution in [1.29, 1.82) is 0 Å². The van der Waals surface area contributed by atoms with E-state index in [0.29, 0.717) is 37.7 Å². The maximum Gasteiger partial charge on any atom is 0.213 e. The van der Waals surface area contributed by atoms with Crippen LogP contribution in [0.4, 0.5) is 11.6 Å². The Bertz CT molecular complexity index is 611. The van der Waals surface area contributed by atoms with E-state index in [0.717, 1.165) is 6.29 Å². The minimum Gasteiger partial charge on any atom is -0.382 e. The number of piperazine rings is 1. The largest absolute Gasteiger partial charge is 0.382 e. The van der Waals surface area contributed by atoms with Crippen LogP contribution in [0.2, 0.25) is 0 Å². The van der Waals surface area contributed by atoms with E-state index in [-0.39, 0.29) is 18.0 Å². The van der Waals surface area contributed by atoms with Crippen LogP contribution < -0.4 is 10.6 Å². The number of carbonyl (C=O) groups is 1. The molecule has 0 atom stereocenters. The van der Waals surface area contributed by atoms with Crippen LogP contribution in [-0.2, 0) is 21.2 Å². The van der Waals surface area contributed by atoms with E-state index in [1.165, 1.54) is 4.31 Å². The van der Waals surface area contributed by atoms with E-state index in [1.54, 1.807) is 13.1 Å². The molecule has 2 heterocycles. The van der Waals surface area contributed by atoms with Crippen LogP contribution in [0.1, 0.15) is 12.6 Å². The number of rotatable bonds is 5. The Morgan fingerprint density at radius 2 is 2.00 bits per heavy atom. The van der Waals surface area contributed by atoms with Crippen molar-refractivity contribution in [3.8, 4) is 0 Å². The van der Waals surface area contributed by atoms with Gasteiger partial charge in [-0.25, -0.2) is 18.4 Å². The highest BCUT2D eigenvalue weighted by atomic mass is 32.2. The van der Waals surface area contributed by atoms with Gasteiger partial charge >= 0.3 is 0 Å². The van der Waals surface area contributed by atoms with Gasteiger partial charge in [-0.3, -0.25) is 0 Å². The minimum atomic E-state index is -3.15. The van der Waals surface area contributed by atoms with Gasteiger partial charge in [0.25, 0.3) is 0 Å². The lowest BCUT2D eigenvalue weighted by molar-refractivity contribution is -0.107. The highest BCUT2D eigenvalue weighted by Crippen LogP contribution is 2.17. The molecule has 2 rings (SSSR count). The zero-order chi connectivity index (χ0) is 15.5. The van der Waals surface area contributed by atoms with Gasteiger partial charge in [0.15, 0.2) is 0 Å². The first-order valence-corrected chi connectivity index (χ1v) is 8.36. The fraction of sp³-hybridized carbons (Fsp3) is 0.583. The van der Waals surface area contributed by atoms with Crippen LogP contribution in [-0.4, -0.2) is 60.9 Å². The number of nitrogen functional groups attached to an aromatic ring is 1. The zero-order valence-corrected chi connectivity index (χ0v) is 12.7. The third-order valence-corrected chi connectivity index (χ3v) is 5.34. The van der Waals surface area contributed by atoms with Gasteiger partial charge in [0, 0.05) is 32.6 Å². The fourth-order valence-corrected chi connectivity index (χ4v) is 3.27. The van der Waals surface area contributed by atoms with Gasteiger partial charge in [-0.15, -0.1) is 0 Å². The number of nitrogens with two attached hydrogens (primary N) is 1. The lowest BCUT2D eigenvalue weighted by Gasteiger charge is -2.34. The van der Waals surface area contributed by atoms with Crippen molar-refractivity contribution in [3.63, 3.8) is 0 Å². The molecule has 0 saturated carbocycles. The van der Waals surface area contributed by atoms with Crippen LogP contribution in [0.5, 0.6) is 0 Å². The summed E-state index contributed by atoms with van der Waals surface area (Å²) in [5.74, 6) is 0.977. The highest BCUT2D eigenvalue weighted by molar-refractivity contribution is 7.89. The summed E-state index contributed by atoms with van der Waals surface area (Å²) in [6, 6.07) is 0. The van der Waals surface area contributed by atoms with E-state index in [1.807, 2.05) is 4.90 Å². The Labute approximate surface area is 124 Å². The van der Waals surface area contributed by atoms with Crippen molar-refractivity contribution in [2.45, 2.75) is 13.3 Å². The van der Waals surface area contributed by atoms with Crippen LogP contribution in [0.25, 0.3) is 0 Å². The second-order valence-corrected chi connectivity index (χ2v) is 6.98. The third kappa shape index (κ3) is 3.48. The van der Waals surface area contributed by atoms with E-state index < -0.39 is 10.0 Å². The van der Waals surface area contributed by atoms with Gasteiger partial charge in [0.2, 0.25) is 10.0 Å². The van der Waals surface area contributed by atoms with Crippen molar-refractivity contribution in [3.05, 3.63) is 11.9 Å². The Morgan fingerprint density at radius 3 is 2.57 bits per heavy atom. The van der Waals surface area contributed by atoms with Gasteiger partial charge in [0.05, 0.1) is 17.6 Å². The smallest absolute Gasteiger partial charge is 0.213 e. The molecular formula is C12H19N5O3S. The summed E-state index contributed by atoms with van der Waals surface area (Å²) in [6.45, 7) is 3.56. The SMILES string of the molecule is CCS(=O)(=O)N1CCN(c2cnc(N)c(CC=O)n2)CC1. The highest BCUT2D eigenvalue weighted by Gasteiger charge is 2.26. The molecule has 0 spiro atoms. The van der Waals surface area contributed by atoms with Crippen molar-refractivity contribution in [2.24, 2.45) is 0 Å². The standard InChI is InChI=1S/C12H19N5O3S/c1-2-21(19,20)17-6-4-16(5-7-17)11-9-14-12(13)10(15-11)3-8-18/h8-9H,2-7H2,1H3,(H2,13,14). The Hall–Kier alpha value is -1.74. The second kappa shape index (κ2) is 6.35. The monoisotopic (exact) mass is 313 g/mol. The van der Waals surface area contributed by atoms with Gasteiger partial charge in [-0.1, -0.05) is 0 Å². The predicted octanol–water partition coefficient (Wildman–Crippen LogP) is -0.728. The molecular weight excluding hydrogens is 294 g/mol. The molecule has 116 valence electrons. The molecule has 8 nitrogen and oxygen atoms in total. The summed E-state index contributed by atoms with van der Waals surface area (Å²) in [7, 11) is -3.15. The predicted molar refractivity (Wildman–Crippen MR) is 79.5 cm³/mol. The van der Waals surface area contributed by atoms with Crippen molar-refractivity contribution >= 4 is 27.9 Å². The summed E-state index contributed by atoms with van der Waals surface area (Å²) in [4.78, 5) is 20.9. The van der Waals surface area contributed by atoms with E-state index in [9.17, 15) is 13.2 Å². The van der Waals surface area contributed by atoms with E-state index >= 15 is 0 Å². The Balaban J connectivity index is 2.09.